The number of carbonyl (C=O) groups is 1. The molecule has 1 aromatic heterocycles. The first-order valence-corrected chi connectivity index (χ1v) is 4.08. The van der Waals surface area contributed by atoms with Crippen LogP contribution < -0.4 is 0 Å². The van der Waals surface area contributed by atoms with E-state index in [4.69, 9.17) is 0 Å². The van der Waals surface area contributed by atoms with Gasteiger partial charge in [-0.05, 0) is 26.0 Å². The number of carbonyl (C=O) groups excluding carboxylic acids is 1. The number of aryl methyl sites for hydroxylation is 2. The molecule has 1 amide bonds. The van der Waals surface area contributed by atoms with Crippen LogP contribution >= 0.6 is 0 Å². The second-order valence-electron chi connectivity index (χ2n) is 2.99. The number of hydrogen-bond donors (Lipinski definition) is 0. The zero-order valence-electron chi connectivity index (χ0n) is 8.61. The summed E-state index contributed by atoms with van der Waals surface area (Å²) in [4.78, 5) is 15.0. The van der Waals surface area contributed by atoms with E-state index in [0.29, 0.717) is 0 Å². The van der Waals surface area contributed by atoms with E-state index >= 15 is 0 Å². The molecule has 0 bridgehead atoms. The highest BCUT2D eigenvalue weighted by Gasteiger charge is 1.82. The quantitative estimate of drug-likeness (QED) is 0.612. The minimum absolute atomic E-state index is 0.750. The van der Waals surface area contributed by atoms with E-state index in [1.807, 2.05) is 32.0 Å². The number of rotatable bonds is 1. The largest absolute Gasteiger partial charge is 0.351 e. The normalized spacial score (nSPS) is 8.31. The molecule has 0 saturated carbocycles. The molecule has 0 saturated heterocycles. The van der Waals surface area contributed by atoms with Gasteiger partial charge in [0.05, 0.1) is 0 Å². The smallest absolute Gasteiger partial charge is 0.209 e. The van der Waals surface area contributed by atoms with Gasteiger partial charge >= 0.3 is 0 Å². The Morgan fingerprint density at radius 3 is 1.77 bits per heavy atom. The second kappa shape index (κ2) is 6.17. The van der Waals surface area contributed by atoms with E-state index in [0.717, 1.165) is 17.8 Å². The molecule has 0 aliphatic rings. The molecule has 0 aliphatic heterocycles. The summed E-state index contributed by atoms with van der Waals surface area (Å²) in [5.41, 5.74) is 2.18. The number of hydrogen-bond acceptors (Lipinski definition) is 2. The summed E-state index contributed by atoms with van der Waals surface area (Å²) in [6, 6.07) is 6.00. The molecular weight excluding hydrogens is 164 g/mol. The fourth-order valence-electron chi connectivity index (χ4n) is 0.679. The van der Waals surface area contributed by atoms with Gasteiger partial charge in [0.2, 0.25) is 6.41 Å². The molecule has 3 heteroatoms. The van der Waals surface area contributed by atoms with Crippen LogP contribution in [0, 0.1) is 13.8 Å². The fraction of sp³-hybridized carbons (Fsp3) is 0.400. The molecule has 13 heavy (non-hydrogen) atoms. The standard InChI is InChI=1S/C7H9N.C3H7NO/c1-6-4-3-5-7(2)8-6;1-4(2)3-5/h3-5H,1-2H3;3H,1-2H3. The molecule has 1 aromatic rings. The summed E-state index contributed by atoms with van der Waals surface area (Å²) in [7, 11) is 3.38. The van der Waals surface area contributed by atoms with E-state index in [-0.39, 0.29) is 0 Å². The molecule has 0 radical (unpaired) electrons. The molecule has 0 aromatic carbocycles. The van der Waals surface area contributed by atoms with Gasteiger partial charge < -0.3 is 4.90 Å². The predicted molar refractivity (Wildman–Crippen MR) is 53.5 cm³/mol. The van der Waals surface area contributed by atoms with Crippen molar-refractivity contribution in [2.75, 3.05) is 14.1 Å². The maximum absolute atomic E-state index is 9.43. The molecule has 0 spiro atoms. The van der Waals surface area contributed by atoms with Gasteiger partial charge in [-0.3, -0.25) is 9.78 Å². The summed E-state index contributed by atoms with van der Waals surface area (Å²) in [6.45, 7) is 3.99. The first-order chi connectivity index (χ1) is 6.06. The molecule has 0 N–H and O–H groups in total. The average molecular weight is 180 g/mol. The Labute approximate surface area is 79.4 Å². The maximum atomic E-state index is 9.43. The average Bonchev–Trinajstić information content (AvgIpc) is 2.05. The third-order valence-corrected chi connectivity index (χ3v) is 1.24. The minimum atomic E-state index is 0.750. The molecule has 72 valence electrons. The molecule has 0 unspecified atom stereocenters. The summed E-state index contributed by atoms with van der Waals surface area (Å²) < 4.78 is 0. The Bertz CT molecular complexity index is 242. The van der Waals surface area contributed by atoms with Crippen molar-refractivity contribution < 1.29 is 4.79 Å². The van der Waals surface area contributed by atoms with Crippen LogP contribution in [0.2, 0.25) is 0 Å². The second-order valence-corrected chi connectivity index (χ2v) is 2.99. The summed E-state index contributed by atoms with van der Waals surface area (Å²) in [6.07, 6.45) is 0.750. The van der Waals surface area contributed by atoms with Crippen molar-refractivity contribution in [1.82, 2.24) is 9.88 Å². The van der Waals surface area contributed by atoms with E-state index in [9.17, 15) is 4.79 Å². The van der Waals surface area contributed by atoms with Gasteiger partial charge in [-0.1, -0.05) is 6.07 Å². The highest BCUT2D eigenvalue weighted by molar-refractivity contribution is 5.45. The third-order valence-electron chi connectivity index (χ3n) is 1.24. The van der Waals surface area contributed by atoms with Gasteiger partial charge in [0.15, 0.2) is 0 Å². The van der Waals surface area contributed by atoms with Crippen molar-refractivity contribution in [2.45, 2.75) is 13.8 Å². The molecule has 1 heterocycles. The Kier molecular flexibility index (Phi) is 5.52. The molecule has 1 rings (SSSR count). The molecular formula is C10H16N2O. The van der Waals surface area contributed by atoms with Crippen molar-refractivity contribution in [3.8, 4) is 0 Å². The molecule has 0 fully saturated rings. The summed E-state index contributed by atoms with van der Waals surface area (Å²) in [5.74, 6) is 0. The number of amides is 1. The van der Waals surface area contributed by atoms with Crippen molar-refractivity contribution in [3.05, 3.63) is 29.6 Å². The van der Waals surface area contributed by atoms with Crippen LogP contribution in [0.25, 0.3) is 0 Å². The van der Waals surface area contributed by atoms with Crippen LogP contribution in [0.3, 0.4) is 0 Å². The van der Waals surface area contributed by atoms with E-state index in [1.54, 1.807) is 14.1 Å². The van der Waals surface area contributed by atoms with Gasteiger partial charge in [-0.15, -0.1) is 0 Å². The minimum Gasteiger partial charge on any atom is -0.351 e. The number of nitrogens with zero attached hydrogens (tertiary/aromatic N) is 2. The van der Waals surface area contributed by atoms with Crippen molar-refractivity contribution in [3.63, 3.8) is 0 Å². The maximum Gasteiger partial charge on any atom is 0.209 e. The van der Waals surface area contributed by atoms with Crippen LogP contribution in [-0.2, 0) is 4.79 Å². The predicted octanol–water partition coefficient (Wildman–Crippen LogP) is 1.40. The first kappa shape index (κ1) is 11.6. The van der Waals surface area contributed by atoms with Crippen LogP contribution in [0.4, 0.5) is 0 Å². The molecule has 0 atom stereocenters. The number of aromatic nitrogens is 1. The van der Waals surface area contributed by atoms with Gasteiger partial charge in [0, 0.05) is 25.5 Å². The Morgan fingerprint density at radius 1 is 1.23 bits per heavy atom. The third kappa shape index (κ3) is 7.00. The van der Waals surface area contributed by atoms with E-state index < -0.39 is 0 Å². The SMILES string of the molecule is CN(C)C=O.Cc1cccc(C)n1. The lowest BCUT2D eigenvalue weighted by atomic mass is 10.3. The lowest BCUT2D eigenvalue weighted by molar-refractivity contribution is -0.115. The van der Waals surface area contributed by atoms with Crippen molar-refractivity contribution in [1.29, 1.82) is 0 Å². The Morgan fingerprint density at radius 2 is 1.62 bits per heavy atom. The van der Waals surface area contributed by atoms with Crippen LogP contribution in [0.15, 0.2) is 18.2 Å². The zero-order chi connectivity index (χ0) is 10.3. The van der Waals surface area contributed by atoms with E-state index in [2.05, 4.69) is 4.98 Å². The lowest BCUT2D eigenvalue weighted by Crippen LogP contribution is -2.06. The van der Waals surface area contributed by atoms with Crippen LogP contribution in [0.1, 0.15) is 11.4 Å². The monoisotopic (exact) mass is 180 g/mol. The summed E-state index contributed by atoms with van der Waals surface area (Å²) in [5, 5.41) is 0. The topological polar surface area (TPSA) is 33.2 Å². The van der Waals surface area contributed by atoms with E-state index in [1.165, 1.54) is 4.90 Å². The van der Waals surface area contributed by atoms with Crippen LogP contribution in [0.5, 0.6) is 0 Å². The van der Waals surface area contributed by atoms with Crippen molar-refractivity contribution >= 4 is 6.41 Å². The van der Waals surface area contributed by atoms with Gasteiger partial charge in [0.1, 0.15) is 0 Å². The number of pyridine rings is 1. The summed E-state index contributed by atoms with van der Waals surface area (Å²) >= 11 is 0. The molecule has 3 nitrogen and oxygen atoms in total. The van der Waals surface area contributed by atoms with Crippen LogP contribution in [-0.4, -0.2) is 30.4 Å². The van der Waals surface area contributed by atoms with Gasteiger partial charge in [-0.25, -0.2) is 0 Å². The molecule has 0 aliphatic carbocycles. The van der Waals surface area contributed by atoms with Crippen molar-refractivity contribution in [2.24, 2.45) is 0 Å². The Balaban J connectivity index is 0.000000252. The highest BCUT2D eigenvalue weighted by Crippen LogP contribution is 1.93. The fourth-order valence-corrected chi connectivity index (χ4v) is 0.679. The first-order valence-electron chi connectivity index (χ1n) is 4.08. The Hall–Kier alpha value is -1.38. The zero-order valence-corrected chi connectivity index (χ0v) is 8.61. The lowest BCUT2D eigenvalue weighted by Gasteiger charge is -1.93. The van der Waals surface area contributed by atoms with Gasteiger partial charge in [0.25, 0.3) is 0 Å². The highest BCUT2D eigenvalue weighted by atomic mass is 16.1. The van der Waals surface area contributed by atoms with Gasteiger partial charge in [-0.2, -0.15) is 0 Å².